The summed E-state index contributed by atoms with van der Waals surface area (Å²) in [5.41, 5.74) is 1.88. The summed E-state index contributed by atoms with van der Waals surface area (Å²) in [4.78, 5) is 12.1. The molecule has 0 saturated carbocycles. The Bertz CT molecular complexity index is 477. The van der Waals surface area contributed by atoms with Gasteiger partial charge in [-0.25, -0.2) is 0 Å². The van der Waals surface area contributed by atoms with Gasteiger partial charge in [-0.3, -0.25) is 4.79 Å². The first-order valence-corrected chi connectivity index (χ1v) is 7.95. The van der Waals surface area contributed by atoms with Gasteiger partial charge in [0, 0.05) is 12.2 Å². The van der Waals surface area contributed by atoms with Crippen LogP contribution in [0.5, 0.6) is 0 Å². The van der Waals surface area contributed by atoms with E-state index in [9.17, 15) is 4.79 Å². The lowest BCUT2D eigenvalue weighted by Crippen LogP contribution is -2.24. The summed E-state index contributed by atoms with van der Waals surface area (Å²) in [6.07, 6.45) is 1.14. The summed E-state index contributed by atoms with van der Waals surface area (Å²) >= 11 is 0. The fourth-order valence-electron chi connectivity index (χ4n) is 2.39. The molecule has 1 unspecified atom stereocenters. The van der Waals surface area contributed by atoms with Gasteiger partial charge in [0.25, 0.3) is 0 Å². The van der Waals surface area contributed by atoms with Crippen molar-refractivity contribution in [1.29, 1.82) is 0 Å². The van der Waals surface area contributed by atoms with Gasteiger partial charge in [0.05, 0.1) is 31.8 Å². The van der Waals surface area contributed by atoms with E-state index in [1.54, 1.807) is 0 Å². The molecule has 1 fully saturated rings. The van der Waals surface area contributed by atoms with E-state index in [4.69, 9.17) is 9.47 Å². The lowest BCUT2D eigenvalue weighted by Gasteiger charge is -2.11. The number of nitrogens with one attached hydrogen (secondary N) is 2. The molecule has 1 saturated heterocycles. The van der Waals surface area contributed by atoms with Gasteiger partial charge in [0.2, 0.25) is 5.91 Å². The smallest absolute Gasteiger partial charge is 0.228 e. The number of rotatable bonds is 8. The first kappa shape index (κ1) is 19.9. The van der Waals surface area contributed by atoms with Crippen LogP contribution in [0.25, 0.3) is 0 Å². The summed E-state index contributed by atoms with van der Waals surface area (Å²) in [5, 5.41) is 6.19. The maximum absolute atomic E-state index is 12.1. The molecular weight excluding hydrogens is 316 g/mol. The van der Waals surface area contributed by atoms with Crippen molar-refractivity contribution in [2.45, 2.75) is 33.0 Å². The van der Waals surface area contributed by atoms with Gasteiger partial charge < -0.3 is 20.1 Å². The van der Waals surface area contributed by atoms with Crippen molar-refractivity contribution in [3.63, 3.8) is 0 Å². The van der Waals surface area contributed by atoms with Gasteiger partial charge in [-0.15, -0.1) is 12.4 Å². The van der Waals surface area contributed by atoms with Crippen LogP contribution in [0.15, 0.2) is 24.3 Å². The van der Waals surface area contributed by atoms with Crippen LogP contribution in [0.2, 0.25) is 0 Å². The number of amides is 1. The van der Waals surface area contributed by atoms with Crippen molar-refractivity contribution in [3.05, 3.63) is 29.8 Å². The van der Waals surface area contributed by atoms with Crippen molar-refractivity contribution in [2.24, 2.45) is 5.92 Å². The molecule has 2 rings (SSSR count). The molecule has 1 aromatic carbocycles. The number of carbonyl (C=O) groups excluding carboxylic acids is 1. The van der Waals surface area contributed by atoms with Crippen molar-refractivity contribution in [1.82, 2.24) is 5.32 Å². The molecule has 0 bridgehead atoms. The second-order valence-electron chi connectivity index (χ2n) is 5.85. The molecule has 0 radical (unpaired) electrons. The Kier molecular flexibility index (Phi) is 9.17. The molecule has 6 heteroatoms. The number of carbonyl (C=O) groups is 1. The molecule has 1 aliphatic rings. The highest BCUT2D eigenvalue weighted by Gasteiger charge is 2.22. The third-order valence-corrected chi connectivity index (χ3v) is 3.57. The van der Waals surface area contributed by atoms with Crippen LogP contribution in [-0.4, -0.2) is 38.3 Å². The van der Waals surface area contributed by atoms with Gasteiger partial charge >= 0.3 is 0 Å². The number of hydrogen-bond donors (Lipinski definition) is 2. The Morgan fingerprint density at radius 2 is 2.22 bits per heavy atom. The lowest BCUT2D eigenvalue weighted by molar-refractivity contribution is -0.119. The minimum Gasteiger partial charge on any atom is -0.376 e. The third-order valence-electron chi connectivity index (χ3n) is 3.57. The van der Waals surface area contributed by atoms with E-state index in [0.29, 0.717) is 19.8 Å². The van der Waals surface area contributed by atoms with Gasteiger partial charge in [0.1, 0.15) is 0 Å². The molecule has 0 aliphatic carbocycles. The fraction of sp³-hybridized carbons (Fsp3) is 0.588. The summed E-state index contributed by atoms with van der Waals surface area (Å²) in [6, 6.07) is 7.80. The zero-order valence-electron chi connectivity index (χ0n) is 13.8. The average molecular weight is 343 g/mol. The molecule has 5 nitrogen and oxygen atoms in total. The summed E-state index contributed by atoms with van der Waals surface area (Å²) in [6.45, 7) is 7.40. The predicted molar refractivity (Wildman–Crippen MR) is 94.0 cm³/mol. The number of hydrogen-bond acceptors (Lipinski definition) is 4. The van der Waals surface area contributed by atoms with Crippen LogP contribution >= 0.6 is 12.4 Å². The molecule has 1 aliphatic heterocycles. The molecule has 23 heavy (non-hydrogen) atoms. The predicted octanol–water partition coefficient (Wildman–Crippen LogP) is 2.60. The van der Waals surface area contributed by atoms with E-state index >= 15 is 0 Å². The Labute approximate surface area is 144 Å². The highest BCUT2D eigenvalue weighted by molar-refractivity contribution is 5.92. The molecule has 2 N–H and O–H groups in total. The standard InChI is InChI=1S/C17H26N2O3.ClH/c1-13(2)22-9-8-21-12-14-4-3-5-16(10-14)19-17(20)15-6-7-18-11-15;/h3-5,10,13,15,18H,6-9,11-12H2,1-2H3,(H,19,20);1H. The number of benzene rings is 1. The van der Waals surface area contributed by atoms with E-state index in [2.05, 4.69) is 10.6 Å². The van der Waals surface area contributed by atoms with E-state index < -0.39 is 0 Å². The van der Waals surface area contributed by atoms with Crippen LogP contribution in [-0.2, 0) is 20.9 Å². The Morgan fingerprint density at radius 1 is 1.39 bits per heavy atom. The zero-order chi connectivity index (χ0) is 15.8. The molecule has 0 spiro atoms. The van der Waals surface area contributed by atoms with Gasteiger partial charge in [0.15, 0.2) is 0 Å². The second-order valence-corrected chi connectivity index (χ2v) is 5.85. The highest BCUT2D eigenvalue weighted by Crippen LogP contribution is 2.15. The molecule has 1 aromatic rings. The van der Waals surface area contributed by atoms with E-state index in [-0.39, 0.29) is 30.3 Å². The summed E-state index contributed by atoms with van der Waals surface area (Å²) < 4.78 is 11.0. The fourth-order valence-corrected chi connectivity index (χ4v) is 2.39. The summed E-state index contributed by atoms with van der Waals surface area (Å²) in [7, 11) is 0. The topological polar surface area (TPSA) is 59.6 Å². The minimum absolute atomic E-state index is 0. The van der Waals surface area contributed by atoms with Crippen LogP contribution in [0.1, 0.15) is 25.8 Å². The van der Waals surface area contributed by atoms with E-state index in [0.717, 1.165) is 30.8 Å². The maximum Gasteiger partial charge on any atom is 0.228 e. The Hall–Kier alpha value is -1.14. The maximum atomic E-state index is 12.1. The average Bonchev–Trinajstić information content (AvgIpc) is 3.01. The minimum atomic E-state index is 0. The lowest BCUT2D eigenvalue weighted by atomic mass is 10.1. The first-order chi connectivity index (χ1) is 10.6. The van der Waals surface area contributed by atoms with Crippen LogP contribution in [0.3, 0.4) is 0 Å². The number of anilines is 1. The monoisotopic (exact) mass is 342 g/mol. The molecule has 1 amide bonds. The second kappa shape index (κ2) is 10.6. The zero-order valence-corrected chi connectivity index (χ0v) is 14.7. The van der Waals surface area contributed by atoms with Crippen LogP contribution < -0.4 is 10.6 Å². The normalized spacial score (nSPS) is 17.1. The quantitative estimate of drug-likeness (QED) is 0.713. The largest absolute Gasteiger partial charge is 0.376 e. The van der Waals surface area contributed by atoms with Gasteiger partial charge in [-0.05, 0) is 44.5 Å². The van der Waals surface area contributed by atoms with E-state index in [1.165, 1.54) is 0 Å². The van der Waals surface area contributed by atoms with Gasteiger partial charge in [-0.1, -0.05) is 12.1 Å². The summed E-state index contributed by atoms with van der Waals surface area (Å²) in [5.74, 6) is 0.168. The van der Waals surface area contributed by atoms with Crippen molar-refractivity contribution >= 4 is 24.0 Å². The molecular formula is C17H27ClN2O3. The van der Waals surface area contributed by atoms with Crippen molar-refractivity contribution < 1.29 is 14.3 Å². The molecule has 0 aromatic heterocycles. The SMILES string of the molecule is CC(C)OCCOCc1cccc(NC(=O)C2CCNC2)c1.Cl. The molecule has 1 atom stereocenters. The van der Waals surface area contributed by atoms with Crippen molar-refractivity contribution in [2.75, 3.05) is 31.6 Å². The number of ether oxygens (including phenoxy) is 2. The Morgan fingerprint density at radius 3 is 2.91 bits per heavy atom. The van der Waals surface area contributed by atoms with Crippen LogP contribution in [0, 0.1) is 5.92 Å². The van der Waals surface area contributed by atoms with Crippen LogP contribution in [0.4, 0.5) is 5.69 Å². The van der Waals surface area contributed by atoms with Crippen molar-refractivity contribution in [3.8, 4) is 0 Å². The van der Waals surface area contributed by atoms with Gasteiger partial charge in [-0.2, -0.15) is 0 Å². The Balaban J connectivity index is 0.00000264. The molecule has 1 heterocycles. The van der Waals surface area contributed by atoms with E-state index in [1.807, 2.05) is 38.1 Å². The molecule has 130 valence electrons. The first-order valence-electron chi connectivity index (χ1n) is 7.95. The highest BCUT2D eigenvalue weighted by atomic mass is 35.5. The third kappa shape index (κ3) is 7.31. The number of halogens is 1.